The Morgan fingerprint density at radius 2 is 1.41 bits per heavy atom. The molecule has 3 aromatic carbocycles. The summed E-state index contributed by atoms with van der Waals surface area (Å²) in [6, 6.07) is 29.2. The second kappa shape index (κ2) is 6.58. The van der Waals surface area contributed by atoms with E-state index >= 15 is 0 Å². The van der Waals surface area contributed by atoms with Crippen LogP contribution in [-0.4, -0.2) is 9.97 Å². The monoisotopic (exact) mass is 346 g/mol. The van der Waals surface area contributed by atoms with Gasteiger partial charge in [-0.15, -0.1) is 0 Å². The van der Waals surface area contributed by atoms with Crippen molar-refractivity contribution in [1.29, 1.82) is 0 Å². The number of hydrogen-bond acceptors (Lipinski definition) is 1. The molecule has 0 saturated carbocycles. The van der Waals surface area contributed by atoms with Gasteiger partial charge in [0.2, 0.25) is 0 Å². The fraction of sp³-hybridized carbons (Fsp3) is 0. The summed E-state index contributed by atoms with van der Waals surface area (Å²) in [5, 5.41) is 2.39. The molecule has 0 spiro atoms. The maximum atomic E-state index is 4.84. The zero-order valence-electron chi connectivity index (χ0n) is 14.8. The van der Waals surface area contributed by atoms with Gasteiger partial charge in [-0.3, -0.25) is 0 Å². The molecule has 5 rings (SSSR count). The van der Waals surface area contributed by atoms with Crippen molar-refractivity contribution < 1.29 is 0 Å². The van der Waals surface area contributed by atoms with E-state index in [1.165, 1.54) is 27.5 Å². The molecule has 0 fully saturated rings. The van der Waals surface area contributed by atoms with Crippen LogP contribution in [0.4, 0.5) is 0 Å². The summed E-state index contributed by atoms with van der Waals surface area (Å²) < 4.78 is 0. The van der Waals surface area contributed by atoms with E-state index in [1.54, 1.807) is 0 Å². The Bertz CT molecular complexity index is 1260. The molecule has 1 N–H and O–H groups in total. The number of aromatic nitrogens is 2. The first-order valence-corrected chi connectivity index (χ1v) is 9.08. The topological polar surface area (TPSA) is 28.7 Å². The predicted molar refractivity (Wildman–Crippen MR) is 114 cm³/mol. The predicted octanol–water partition coefficient (Wildman–Crippen LogP) is 6.55. The molecule has 2 nitrogen and oxygen atoms in total. The minimum atomic E-state index is 0.956. The van der Waals surface area contributed by atoms with Crippen molar-refractivity contribution in [3.63, 3.8) is 0 Å². The highest BCUT2D eigenvalue weighted by Crippen LogP contribution is 2.34. The Kier molecular flexibility index (Phi) is 3.80. The van der Waals surface area contributed by atoms with E-state index in [2.05, 4.69) is 84.0 Å². The summed E-state index contributed by atoms with van der Waals surface area (Å²) in [5.41, 5.74) is 6.69. The summed E-state index contributed by atoms with van der Waals surface area (Å²) >= 11 is 0. The number of benzene rings is 3. The van der Waals surface area contributed by atoms with Gasteiger partial charge in [0, 0.05) is 28.0 Å². The van der Waals surface area contributed by atoms with Gasteiger partial charge >= 0.3 is 0 Å². The van der Waals surface area contributed by atoms with E-state index in [9.17, 15) is 0 Å². The lowest BCUT2D eigenvalue weighted by Crippen LogP contribution is -1.88. The molecule has 0 amide bonds. The number of pyridine rings is 1. The largest absolute Gasteiger partial charge is 0.361 e. The third-order valence-corrected chi connectivity index (χ3v) is 4.86. The maximum absolute atomic E-state index is 4.84. The van der Waals surface area contributed by atoms with E-state index in [4.69, 9.17) is 4.98 Å². The average Bonchev–Trinajstić information content (AvgIpc) is 3.16. The SMILES string of the molecule is C(=C\c1cc(-c2c[nH]c3ccccc23)c2ccccc2n1)/c1ccccc1. The molecule has 0 unspecified atom stereocenters. The molecule has 0 saturated heterocycles. The van der Waals surface area contributed by atoms with Crippen molar-refractivity contribution >= 4 is 34.0 Å². The molecule has 0 radical (unpaired) electrons. The Morgan fingerprint density at radius 3 is 2.30 bits per heavy atom. The minimum Gasteiger partial charge on any atom is -0.361 e. The van der Waals surface area contributed by atoms with Crippen LogP contribution in [0.3, 0.4) is 0 Å². The number of para-hydroxylation sites is 2. The highest BCUT2D eigenvalue weighted by molar-refractivity contribution is 6.04. The Morgan fingerprint density at radius 1 is 0.667 bits per heavy atom. The Hall–Kier alpha value is -3.65. The van der Waals surface area contributed by atoms with Crippen LogP contribution in [0.5, 0.6) is 0 Å². The van der Waals surface area contributed by atoms with Crippen molar-refractivity contribution in [1.82, 2.24) is 9.97 Å². The lowest BCUT2D eigenvalue weighted by Gasteiger charge is -2.08. The summed E-state index contributed by atoms with van der Waals surface area (Å²) in [4.78, 5) is 8.23. The number of H-pyrrole nitrogens is 1. The zero-order valence-corrected chi connectivity index (χ0v) is 14.8. The highest BCUT2D eigenvalue weighted by Gasteiger charge is 2.11. The molecule has 0 aliphatic rings. The van der Waals surface area contributed by atoms with Crippen molar-refractivity contribution in [3.8, 4) is 11.1 Å². The summed E-state index contributed by atoms with van der Waals surface area (Å²) in [6.07, 6.45) is 6.29. The molecule has 2 aromatic heterocycles. The van der Waals surface area contributed by atoms with E-state index < -0.39 is 0 Å². The molecule has 2 heteroatoms. The lowest BCUT2D eigenvalue weighted by atomic mass is 9.99. The fourth-order valence-corrected chi connectivity index (χ4v) is 3.54. The zero-order chi connectivity index (χ0) is 18.1. The Labute approximate surface area is 157 Å². The molecule has 2 heterocycles. The normalized spacial score (nSPS) is 11.6. The number of aromatic amines is 1. The van der Waals surface area contributed by atoms with Crippen LogP contribution in [-0.2, 0) is 0 Å². The smallest absolute Gasteiger partial charge is 0.0715 e. The van der Waals surface area contributed by atoms with E-state index in [0.717, 1.165) is 16.7 Å². The van der Waals surface area contributed by atoms with Crippen molar-refractivity contribution in [3.05, 3.63) is 102 Å². The summed E-state index contributed by atoms with van der Waals surface area (Å²) in [7, 11) is 0. The first kappa shape index (κ1) is 15.6. The molecule has 0 atom stereocenters. The fourth-order valence-electron chi connectivity index (χ4n) is 3.54. The number of rotatable bonds is 3. The van der Waals surface area contributed by atoms with Gasteiger partial charge in [0.05, 0.1) is 11.2 Å². The quantitative estimate of drug-likeness (QED) is 0.394. The van der Waals surface area contributed by atoms with Gasteiger partial charge in [0.25, 0.3) is 0 Å². The van der Waals surface area contributed by atoms with Crippen molar-refractivity contribution in [2.75, 3.05) is 0 Å². The first-order valence-electron chi connectivity index (χ1n) is 9.08. The molecule has 0 aliphatic heterocycles. The number of nitrogens with one attached hydrogen (secondary N) is 1. The van der Waals surface area contributed by atoms with Gasteiger partial charge in [-0.1, -0.05) is 72.8 Å². The van der Waals surface area contributed by atoms with Crippen LogP contribution < -0.4 is 0 Å². The van der Waals surface area contributed by atoms with E-state index in [0.29, 0.717) is 0 Å². The van der Waals surface area contributed by atoms with Gasteiger partial charge < -0.3 is 4.98 Å². The maximum Gasteiger partial charge on any atom is 0.0715 e. The van der Waals surface area contributed by atoms with Crippen LogP contribution in [0.25, 0.3) is 45.1 Å². The van der Waals surface area contributed by atoms with E-state index in [-0.39, 0.29) is 0 Å². The Balaban J connectivity index is 1.70. The van der Waals surface area contributed by atoms with Gasteiger partial charge in [-0.25, -0.2) is 4.98 Å². The van der Waals surface area contributed by atoms with Crippen LogP contribution in [0.2, 0.25) is 0 Å². The number of fused-ring (bicyclic) bond motifs is 2. The standard InChI is InChI=1S/C25H18N2/c1-2-8-18(9-3-1)14-15-19-16-22(20-10-5-7-13-25(20)27-19)23-17-26-24-12-6-4-11-21(23)24/h1-17,26H/b15-14+. The molecule has 0 aliphatic carbocycles. The molecular formula is C25H18N2. The second-order valence-electron chi connectivity index (χ2n) is 6.60. The van der Waals surface area contributed by atoms with Gasteiger partial charge in [-0.2, -0.15) is 0 Å². The molecule has 5 aromatic rings. The van der Waals surface area contributed by atoms with Crippen LogP contribution in [0, 0.1) is 0 Å². The van der Waals surface area contributed by atoms with Crippen molar-refractivity contribution in [2.24, 2.45) is 0 Å². The van der Waals surface area contributed by atoms with Crippen molar-refractivity contribution in [2.45, 2.75) is 0 Å². The van der Waals surface area contributed by atoms with Gasteiger partial charge in [0.15, 0.2) is 0 Å². The van der Waals surface area contributed by atoms with Gasteiger partial charge in [0.1, 0.15) is 0 Å². The number of hydrogen-bond donors (Lipinski definition) is 1. The third kappa shape index (κ3) is 2.91. The number of nitrogens with zero attached hydrogens (tertiary/aromatic N) is 1. The van der Waals surface area contributed by atoms with Gasteiger partial charge in [-0.05, 0) is 35.4 Å². The first-order chi connectivity index (χ1) is 13.4. The average molecular weight is 346 g/mol. The lowest BCUT2D eigenvalue weighted by molar-refractivity contribution is 1.37. The van der Waals surface area contributed by atoms with Crippen LogP contribution >= 0.6 is 0 Å². The van der Waals surface area contributed by atoms with E-state index in [1.807, 2.05) is 24.3 Å². The molecule has 0 bridgehead atoms. The van der Waals surface area contributed by atoms with Crippen LogP contribution in [0.15, 0.2) is 91.1 Å². The molecular weight excluding hydrogens is 328 g/mol. The summed E-state index contributed by atoms with van der Waals surface area (Å²) in [6.45, 7) is 0. The highest BCUT2D eigenvalue weighted by atomic mass is 14.7. The minimum absolute atomic E-state index is 0.956. The summed E-state index contributed by atoms with van der Waals surface area (Å²) in [5.74, 6) is 0. The molecule has 27 heavy (non-hydrogen) atoms. The molecule has 128 valence electrons. The second-order valence-corrected chi connectivity index (χ2v) is 6.60. The third-order valence-electron chi connectivity index (χ3n) is 4.86. The van der Waals surface area contributed by atoms with Crippen LogP contribution in [0.1, 0.15) is 11.3 Å².